The molecule has 7 nitrogen and oxygen atoms in total. The fourth-order valence-corrected chi connectivity index (χ4v) is 4.04. The summed E-state index contributed by atoms with van der Waals surface area (Å²) in [4.78, 5) is 32.3. The maximum absolute atomic E-state index is 13.4. The molecule has 0 bridgehead atoms. The fourth-order valence-electron chi connectivity index (χ4n) is 4.04. The standard InChI is InChI=1S/C21H25N4O3/c1-4-17-22-19(23-28-17)18-16-7-5-6-10-24(16)21(27)25(20(18)26)12-15-9-8-13(2)11-14(15)3/h8-9,11,18H,4-7,10,12H2,1-3H3/q+1. The molecule has 28 heavy (non-hydrogen) atoms. The number of hydrogen-bond donors (Lipinski definition) is 0. The maximum atomic E-state index is 13.4. The van der Waals surface area contributed by atoms with E-state index >= 15 is 0 Å². The highest BCUT2D eigenvalue weighted by Crippen LogP contribution is 2.29. The van der Waals surface area contributed by atoms with Crippen molar-refractivity contribution in [3.63, 3.8) is 0 Å². The summed E-state index contributed by atoms with van der Waals surface area (Å²) in [6.07, 6.45) is 3.20. The van der Waals surface area contributed by atoms with Crippen molar-refractivity contribution in [2.24, 2.45) is 0 Å². The molecule has 0 fully saturated rings. The van der Waals surface area contributed by atoms with Crippen LogP contribution in [0.2, 0.25) is 0 Å². The van der Waals surface area contributed by atoms with Crippen molar-refractivity contribution in [1.82, 2.24) is 15.0 Å². The highest BCUT2D eigenvalue weighted by molar-refractivity contribution is 6.14. The molecule has 146 valence electrons. The van der Waals surface area contributed by atoms with Gasteiger partial charge in [-0.3, -0.25) is 0 Å². The average molecular weight is 381 g/mol. The van der Waals surface area contributed by atoms with Gasteiger partial charge in [0.05, 0.1) is 6.54 Å². The average Bonchev–Trinajstić information content (AvgIpc) is 3.15. The second kappa shape index (κ2) is 7.30. The van der Waals surface area contributed by atoms with Crippen LogP contribution >= 0.6 is 0 Å². The van der Waals surface area contributed by atoms with Gasteiger partial charge in [0.1, 0.15) is 12.3 Å². The van der Waals surface area contributed by atoms with Gasteiger partial charge < -0.3 is 4.52 Å². The molecule has 0 saturated heterocycles. The molecular weight excluding hydrogens is 356 g/mol. The second-order valence-electron chi connectivity index (χ2n) is 7.57. The van der Waals surface area contributed by atoms with Crippen molar-refractivity contribution < 1.29 is 18.7 Å². The van der Waals surface area contributed by atoms with E-state index in [0.29, 0.717) is 31.1 Å². The molecule has 0 aliphatic carbocycles. The maximum Gasteiger partial charge on any atom is 0.500 e. The Hall–Kier alpha value is -2.83. The highest BCUT2D eigenvalue weighted by Gasteiger charge is 2.51. The fraction of sp³-hybridized carbons (Fsp3) is 0.476. The van der Waals surface area contributed by atoms with Crippen LogP contribution in [-0.4, -0.2) is 43.8 Å². The lowest BCUT2D eigenvalue weighted by molar-refractivity contribution is -0.446. The van der Waals surface area contributed by atoms with Crippen molar-refractivity contribution >= 4 is 17.6 Å². The third kappa shape index (κ3) is 3.15. The van der Waals surface area contributed by atoms with Crippen LogP contribution in [0.1, 0.15) is 60.5 Å². The van der Waals surface area contributed by atoms with Gasteiger partial charge in [-0.15, -0.1) is 0 Å². The van der Waals surface area contributed by atoms with Crippen LogP contribution in [0.4, 0.5) is 4.79 Å². The molecule has 1 aromatic carbocycles. The molecule has 2 aromatic rings. The molecule has 0 radical (unpaired) electrons. The Morgan fingerprint density at radius 2 is 2.07 bits per heavy atom. The van der Waals surface area contributed by atoms with Crippen molar-refractivity contribution in [3.8, 4) is 0 Å². The number of nitrogens with zero attached hydrogens (tertiary/aromatic N) is 4. The van der Waals surface area contributed by atoms with Gasteiger partial charge in [0, 0.05) is 12.8 Å². The van der Waals surface area contributed by atoms with Crippen LogP contribution in [0.3, 0.4) is 0 Å². The molecule has 2 aliphatic rings. The number of benzene rings is 1. The predicted molar refractivity (Wildman–Crippen MR) is 102 cm³/mol. The summed E-state index contributed by atoms with van der Waals surface area (Å²) in [7, 11) is 0. The van der Waals surface area contributed by atoms with Gasteiger partial charge in [0.15, 0.2) is 11.7 Å². The number of amides is 3. The summed E-state index contributed by atoms with van der Waals surface area (Å²) in [5.41, 5.74) is 4.00. The van der Waals surface area contributed by atoms with Gasteiger partial charge in [0.2, 0.25) is 5.89 Å². The summed E-state index contributed by atoms with van der Waals surface area (Å²) < 4.78 is 7.01. The van der Waals surface area contributed by atoms with E-state index in [1.165, 1.54) is 4.90 Å². The molecule has 1 unspecified atom stereocenters. The lowest BCUT2D eigenvalue weighted by Crippen LogP contribution is -2.54. The molecule has 3 heterocycles. The van der Waals surface area contributed by atoms with E-state index in [-0.39, 0.29) is 18.5 Å². The Morgan fingerprint density at radius 3 is 2.79 bits per heavy atom. The van der Waals surface area contributed by atoms with E-state index in [1.54, 1.807) is 4.58 Å². The van der Waals surface area contributed by atoms with Crippen molar-refractivity contribution in [3.05, 3.63) is 46.6 Å². The molecule has 1 aromatic heterocycles. The molecule has 1 atom stereocenters. The largest absolute Gasteiger partial charge is 0.500 e. The SMILES string of the molecule is CCc1nc(C2C(=O)N(Cc3ccc(C)cc3C)C(=O)[N+]3=C2CCCC3)no1. The lowest BCUT2D eigenvalue weighted by atomic mass is 9.91. The topological polar surface area (TPSA) is 79.3 Å². The molecule has 2 aliphatic heterocycles. The molecular formula is C21H25N4O3+. The molecule has 0 saturated carbocycles. The quantitative estimate of drug-likeness (QED) is 0.760. The van der Waals surface area contributed by atoms with E-state index in [9.17, 15) is 9.59 Å². The Kier molecular flexibility index (Phi) is 4.83. The van der Waals surface area contributed by atoms with E-state index in [1.807, 2.05) is 32.9 Å². The smallest absolute Gasteiger partial charge is 0.339 e. The first-order valence-electron chi connectivity index (χ1n) is 9.86. The third-order valence-electron chi connectivity index (χ3n) is 5.59. The van der Waals surface area contributed by atoms with Gasteiger partial charge in [-0.1, -0.05) is 35.8 Å². The first-order valence-corrected chi connectivity index (χ1v) is 9.86. The zero-order valence-electron chi connectivity index (χ0n) is 16.6. The van der Waals surface area contributed by atoms with E-state index in [2.05, 4.69) is 16.2 Å². The minimum Gasteiger partial charge on any atom is -0.339 e. The van der Waals surface area contributed by atoms with Crippen molar-refractivity contribution in [1.29, 1.82) is 0 Å². The number of urea groups is 1. The molecule has 0 N–H and O–H groups in total. The minimum absolute atomic E-state index is 0.241. The Morgan fingerprint density at radius 1 is 1.25 bits per heavy atom. The van der Waals surface area contributed by atoms with E-state index in [0.717, 1.165) is 35.2 Å². The van der Waals surface area contributed by atoms with E-state index < -0.39 is 5.92 Å². The molecule has 7 heteroatoms. The van der Waals surface area contributed by atoms with Crippen LogP contribution in [-0.2, 0) is 17.8 Å². The van der Waals surface area contributed by atoms with Crippen molar-refractivity contribution in [2.75, 3.05) is 6.54 Å². The number of rotatable bonds is 4. The van der Waals surface area contributed by atoms with Gasteiger partial charge in [0.25, 0.3) is 0 Å². The van der Waals surface area contributed by atoms with Gasteiger partial charge in [-0.05, 0) is 37.8 Å². The number of carbonyl (C=O) groups is 2. The zero-order chi connectivity index (χ0) is 19.8. The van der Waals surface area contributed by atoms with Crippen LogP contribution < -0.4 is 0 Å². The predicted octanol–water partition coefficient (Wildman–Crippen LogP) is 3.13. The number of hydrogen-bond acceptors (Lipinski definition) is 5. The number of imide groups is 1. The molecule has 3 amide bonds. The first-order chi connectivity index (χ1) is 13.5. The monoisotopic (exact) mass is 381 g/mol. The third-order valence-corrected chi connectivity index (χ3v) is 5.59. The minimum atomic E-state index is -0.646. The van der Waals surface area contributed by atoms with Crippen LogP contribution in [0.15, 0.2) is 22.7 Å². The van der Waals surface area contributed by atoms with Gasteiger partial charge >= 0.3 is 11.9 Å². The second-order valence-corrected chi connectivity index (χ2v) is 7.57. The summed E-state index contributed by atoms with van der Waals surface area (Å²) in [6.45, 7) is 6.84. The Labute approximate surface area is 164 Å². The van der Waals surface area contributed by atoms with Crippen molar-refractivity contribution in [2.45, 2.75) is 58.9 Å². The number of aryl methyl sites for hydroxylation is 3. The zero-order valence-corrected chi connectivity index (χ0v) is 16.6. The van der Waals surface area contributed by atoms with Crippen LogP contribution in [0.5, 0.6) is 0 Å². The lowest BCUT2D eigenvalue weighted by Gasteiger charge is -2.29. The summed E-state index contributed by atoms with van der Waals surface area (Å²) in [5.74, 6) is -0.0418. The van der Waals surface area contributed by atoms with Gasteiger partial charge in [-0.2, -0.15) is 19.3 Å². The highest BCUT2D eigenvalue weighted by atomic mass is 16.5. The van der Waals surface area contributed by atoms with Crippen LogP contribution in [0.25, 0.3) is 0 Å². The molecule has 0 spiro atoms. The Balaban J connectivity index is 1.75. The Bertz CT molecular complexity index is 976. The first kappa shape index (κ1) is 18.5. The molecule has 4 rings (SSSR count). The summed E-state index contributed by atoms with van der Waals surface area (Å²) in [5, 5.41) is 4.06. The normalized spacial score (nSPS) is 20.0. The summed E-state index contributed by atoms with van der Waals surface area (Å²) >= 11 is 0. The van der Waals surface area contributed by atoms with E-state index in [4.69, 9.17) is 4.52 Å². The summed E-state index contributed by atoms with van der Waals surface area (Å²) in [6, 6.07) is 5.81. The number of carbonyl (C=O) groups excluding carboxylic acids is 2. The van der Waals surface area contributed by atoms with Gasteiger partial charge in [-0.25, -0.2) is 4.79 Å². The van der Waals surface area contributed by atoms with Crippen LogP contribution in [0, 0.1) is 13.8 Å². The number of aromatic nitrogens is 2.